The molecule has 0 amide bonds. The summed E-state index contributed by atoms with van der Waals surface area (Å²) >= 11 is 5.20. The smallest absolute Gasteiger partial charge is 0.409 e. The van der Waals surface area contributed by atoms with Gasteiger partial charge in [0.05, 0.1) is 0 Å². The second kappa shape index (κ2) is 4.77. The van der Waals surface area contributed by atoms with Crippen LogP contribution < -0.4 is 4.74 Å². The van der Waals surface area contributed by atoms with Crippen molar-refractivity contribution in [2.75, 3.05) is 0 Å². The topological polar surface area (TPSA) is 39.2 Å². The van der Waals surface area contributed by atoms with Gasteiger partial charge in [-0.1, -0.05) is 18.2 Å². The third kappa shape index (κ3) is 2.38. The number of aromatic nitrogens is 1. The summed E-state index contributed by atoms with van der Waals surface area (Å²) < 4.78 is 4.91. The minimum Gasteiger partial charge on any atom is -0.414 e. The van der Waals surface area contributed by atoms with Crippen LogP contribution in [0.25, 0.3) is 11.1 Å². The van der Waals surface area contributed by atoms with Crippen LogP contribution in [0.2, 0.25) is 0 Å². The van der Waals surface area contributed by atoms with E-state index in [0.29, 0.717) is 5.75 Å². The van der Waals surface area contributed by atoms with Gasteiger partial charge in [0.25, 0.3) is 0 Å². The Kier molecular flexibility index (Phi) is 3.17. The van der Waals surface area contributed by atoms with Gasteiger partial charge < -0.3 is 4.74 Å². The molecule has 0 aliphatic carbocycles. The lowest BCUT2D eigenvalue weighted by Gasteiger charge is -2.07. The predicted octanol–water partition coefficient (Wildman–Crippen LogP) is 3.49. The lowest BCUT2D eigenvalue weighted by Crippen LogP contribution is -1.97. The van der Waals surface area contributed by atoms with E-state index in [4.69, 9.17) is 16.3 Å². The van der Waals surface area contributed by atoms with Crippen molar-refractivity contribution < 1.29 is 9.53 Å². The highest BCUT2D eigenvalue weighted by molar-refractivity contribution is 6.61. The van der Waals surface area contributed by atoms with Crippen LogP contribution in [0.15, 0.2) is 48.8 Å². The van der Waals surface area contributed by atoms with Crippen molar-refractivity contribution in [2.45, 2.75) is 0 Å². The van der Waals surface area contributed by atoms with Gasteiger partial charge in [-0.15, -0.1) is 0 Å². The fourth-order valence-corrected chi connectivity index (χ4v) is 1.50. The normalized spacial score (nSPS) is 9.81. The van der Waals surface area contributed by atoms with Gasteiger partial charge in [0, 0.05) is 29.6 Å². The lowest BCUT2D eigenvalue weighted by atomic mass is 10.1. The summed E-state index contributed by atoms with van der Waals surface area (Å²) in [5.41, 5.74) is 0.879. The first-order chi connectivity index (χ1) is 7.77. The average molecular weight is 234 g/mol. The fourth-order valence-electron chi connectivity index (χ4n) is 1.41. The molecule has 1 aromatic carbocycles. The Morgan fingerprint density at radius 3 is 2.50 bits per heavy atom. The first-order valence-electron chi connectivity index (χ1n) is 4.64. The van der Waals surface area contributed by atoms with Gasteiger partial charge in [-0.25, -0.2) is 4.79 Å². The highest BCUT2D eigenvalue weighted by atomic mass is 35.5. The quantitative estimate of drug-likeness (QED) is 0.746. The monoisotopic (exact) mass is 233 g/mol. The van der Waals surface area contributed by atoms with E-state index < -0.39 is 5.43 Å². The van der Waals surface area contributed by atoms with Crippen LogP contribution in [0.5, 0.6) is 5.75 Å². The molecule has 0 atom stereocenters. The van der Waals surface area contributed by atoms with Crippen molar-refractivity contribution in [3.05, 3.63) is 48.8 Å². The third-order valence-electron chi connectivity index (χ3n) is 2.07. The number of rotatable bonds is 2. The maximum absolute atomic E-state index is 10.7. The molecule has 1 aromatic heterocycles. The Bertz CT molecular complexity index is 499. The highest BCUT2D eigenvalue weighted by Gasteiger charge is 2.07. The van der Waals surface area contributed by atoms with Crippen LogP contribution >= 0.6 is 11.6 Å². The van der Waals surface area contributed by atoms with Crippen molar-refractivity contribution in [3.63, 3.8) is 0 Å². The van der Waals surface area contributed by atoms with E-state index >= 15 is 0 Å². The van der Waals surface area contributed by atoms with Crippen molar-refractivity contribution in [1.82, 2.24) is 4.98 Å². The minimum atomic E-state index is -0.846. The van der Waals surface area contributed by atoms with E-state index in [1.54, 1.807) is 24.5 Å². The number of para-hydroxylation sites is 1. The molecule has 0 aliphatic heterocycles. The molecule has 1 heterocycles. The molecule has 0 radical (unpaired) electrons. The maximum Gasteiger partial charge on any atom is 0.409 e. The van der Waals surface area contributed by atoms with Crippen LogP contribution in [-0.4, -0.2) is 10.4 Å². The van der Waals surface area contributed by atoms with Gasteiger partial charge in [0.1, 0.15) is 5.75 Å². The summed E-state index contributed by atoms with van der Waals surface area (Å²) in [4.78, 5) is 14.7. The van der Waals surface area contributed by atoms with Crippen LogP contribution in [0.1, 0.15) is 0 Å². The zero-order chi connectivity index (χ0) is 11.4. The van der Waals surface area contributed by atoms with E-state index in [1.165, 1.54) is 0 Å². The van der Waals surface area contributed by atoms with Gasteiger partial charge >= 0.3 is 5.43 Å². The summed E-state index contributed by atoms with van der Waals surface area (Å²) in [5, 5.41) is 0. The second-order valence-electron chi connectivity index (χ2n) is 3.07. The predicted molar refractivity (Wildman–Crippen MR) is 61.6 cm³/mol. The van der Waals surface area contributed by atoms with Gasteiger partial charge in [0.2, 0.25) is 0 Å². The first-order valence-corrected chi connectivity index (χ1v) is 5.02. The zero-order valence-corrected chi connectivity index (χ0v) is 9.02. The molecule has 2 aromatic rings. The molecule has 0 bridgehead atoms. The summed E-state index contributed by atoms with van der Waals surface area (Å²) in [5.74, 6) is 0.439. The molecule has 0 spiro atoms. The number of carbonyl (C=O) groups excluding carboxylic acids is 1. The maximum atomic E-state index is 10.7. The van der Waals surface area contributed by atoms with Gasteiger partial charge in [-0.2, -0.15) is 0 Å². The number of pyridine rings is 1. The Morgan fingerprint density at radius 1 is 1.12 bits per heavy atom. The molecule has 0 aliphatic rings. The molecular formula is C12H8ClNO2. The highest BCUT2D eigenvalue weighted by Crippen LogP contribution is 2.29. The third-order valence-corrected chi connectivity index (χ3v) is 2.15. The van der Waals surface area contributed by atoms with E-state index in [2.05, 4.69) is 4.98 Å². The Hall–Kier alpha value is -1.87. The van der Waals surface area contributed by atoms with Crippen LogP contribution in [0.4, 0.5) is 4.79 Å². The lowest BCUT2D eigenvalue weighted by molar-refractivity contribution is 0.226. The van der Waals surface area contributed by atoms with Gasteiger partial charge in [0.15, 0.2) is 0 Å². The number of hydrogen-bond donors (Lipinski definition) is 0. The number of benzene rings is 1. The van der Waals surface area contributed by atoms with E-state index in [1.807, 2.05) is 24.3 Å². The Balaban J connectivity index is 2.44. The molecule has 4 heteroatoms. The fraction of sp³-hybridized carbons (Fsp3) is 0. The molecular weight excluding hydrogens is 226 g/mol. The van der Waals surface area contributed by atoms with Gasteiger partial charge in [-0.3, -0.25) is 4.98 Å². The molecule has 2 rings (SSSR count). The Labute approximate surface area is 97.7 Å². The molecule has 16 heavy (non-hydrogen) atoms. The van der Waals surface area contributed by atoms with Gasteiger partial charge in [-0.05, 0) is 23.8 Å². The van der Waals surface area contributed by atoms with Crippen molar-refractivity contribution >= 4 is 17.0 Å². The number of hydrogen-bond acceptors (Lipinski definition) is 3. The minimum absolute atomic E-state index is 0.439. The van der Waals surface area contributed by atoms with E-state index in [0.717, 1.165) is 11.1 Å². The van der Waals surface area contributed by atoms with Crippen LogP contribution in [-0.2, 0) is 0 Å². The van der Waals surface area contributed by atoms with Crippen molar-refractivity contribution in [1.29, 1.82) is 0 Å². The molecule has 0 N–H and O–H groups in total. The molecule has 0 unspecified atom stereocenters. The molecule has 80 valence electrons. The van der Waals surface area contributed by atoms with Crippen LogP contribution in [0, 0.1) is 0 Å². The molecule has 3 nitrogen and oxygen atoms in total. The number of nitrogens with zero attached hydrogens (tertiary/aromatic N) is 1. The van der Waals surface area contributed by atoms with Crippen molar-refractivity contribution in [3.8, 4) is 16.9 Å². The number of halogens is 1. The summed E-state index contributed by atoms with van der Waals surface area (Å²) in [6.45, 7) is 0. The SMILES string of the molecule is O=C(Cl)Oc1ccccc1-c1ccncc1. The standard InChI is InChI=1S/C12H8ClNO2/c13-12(15)16-11-4-2-1-3-10(11)9-5-7-14-8-6-9/h1-8H. The molecule has 0 fully saturated rings. The van der Waals surface area contributed by atoms with Crippen molar-refractivity contribution in [2.24, 2.45) is 0 Å². The average Bonchev–Trinajstić information content (AvgIpc) is 2.30. The second-order valence-corrected chi connectivity index (χ2v) is 3.38. The van der Waals surface area contributed by atoms with E-state index in [9.17, 15) is 4.79 Å². The Morgan fingerprint density at radius 2 is 1.81 bits per heavy atom. The van der Waals surface area contributed by atoms with Crippen LogP contribution in [0.3, 0.4) is 0 Å². The summed E-state index contributed by atoms with van der Waals surface area (Å²) in [7, 11) is 0. The number of carbonyl (C=O) groups is 1. The summed E-state index contributed by atoms with van der Waals surface area (Å²) in [6, 6.07) is 10.9. The summed E-state index contributed by atoms with van der Waals surface area (Å²) in [6.07, 6.45) is 3.35. The molecule has 0 saturated heterocycles. The number of ether oxygens (including phenoxy) is 1. The van der Waals surface area contributed by atoms with E-state index in [-0.39, 0.29) is 0 Å². The molecule has 0 saturated carbocycles. The zero-order valence-electron chi connectivity index (χ0n) is 8.26. The first kappa shape index (κ1) is 10.6. The largest absolute Gasteiger partial charge is 0.414 e.